The summed E-state index contributed by atoms with van der Waals surface area (Å²) >= 11 is 0. The number of anilines is 5. The largest absolute Gasteiger partial charge is 0.497 e. The molecule has 1 heterocycles. The highest BCUT2D eigenvalue weighted by molar-refractivity contribution is 5.89. The van der Waals surface area contributed by atoms with Crippen LogP contribution in [0.15, 0.2) is 54.6 Å². The minimum Gasteiger partial charge on any atom is -0.497 e. The second-order valence-electron chi connectivity index (χ2n) is 5.93. The predicted octanol–water partition coefficient (Wildman–Crippen LogP) is 4.24. The normalized spacial score (nSPS) is 10.2. The number of amides is 1. The molecule has 3 N–H and O–H groups in total. The van der Waals surface area contributed by atoms with Gasteiger partial charge in [0.05, 0.1) is 7.11 Å². The van der Waals surface area contributed by atoms with Crippen LogP contribution in [-0.2, 0) is 4.79 Å². The third-order valence-corrected chi connectivity index (χ3v) is 3.64. The molecule has 0 saturated carbocycles. The summed E-state index contributed by atoms with van der Waals surface area (Å²) in [5, 5.41) is 9.26. The molecule has 0 aliphatic rings. The van der Waals surface area contributed by atoms with Gasteiger partial charge in [0.25, 0.3) is 0 Å². The van der Waals surface area contributed by atoms with Crippen molar-refractivity contribution in [2.45, 2.75) is 13.8 Å². The van der Waals surface area contributed by atoms with E-state index in [0.29, 0.717) is 23.1 Å². The predicted molar refractivity (Wildman–Crippen MR) is 107 cm³/mol. The molecule has 0 aliphatic heterocycles. The summed E-state index contributed by atoms with van der Waals surface area (Å²) in [7, 11) is 1.63. The smallest absolute Gasteiger partial charge is 0.221 e. The third kappa shape index (κ3) is 5.18. The summed E-state index contributed by atoms with van der Waals surface area (Å²) in [6.45, 7) is 3.31. The van der Waals surface area contributed by atoms with Gasteiger partial charge in [-0.2, -0.15) is 0 Å². The molecule has 3 aromatic rings. The standard InChI is InChI=1S/C20H21N5O2/c1-13-21-19(24-16-7-4-6-15(10-16)23-14(2)26)12-20(22-13)25-17-8-5-9-18(11-17)27-3/h4-12H,1-3H3,(H,23,26)(H2,21,22,24,25). The molecule has 1 amide bonds. The fourth-order valence-electron chi connectivity index (χ4n) is 2.57. The molecule has 1 aromatic heterocycles. The molecule has 0 fully saturated rings. The number of aromatic nitrogens is 2. The lowest BCUT2D eigenvalue weighted by Gasteiger charge is -2.12. The van der Waals surface area contributed by atoms with Crippen LogP contribution in [-0.4, -0.2) is 23.0 Å². The average Bonchev–Trinajstić information content (AvgIpc) is 2.61. The van der Waals surface area contributed by atoms with Gasteiger partial charge in [-0.3, -0.25) is 4.79 Å². The first-order valence-electron chi connectivity index (χ1n) is 8.43. The lowest BCUT2D eigenvalue weighted by Crippen LogP contribution is -2.06. The fourth-order valence-corrected chi connectivity index (χ4v) is 2.57. The van der Waals surface area contributed by atoms with Gasteiger partial charge in [0.2, 0.25) is 5.91 Å². The highest BCUT2D eigenvalue weighted by atomic mass is 16.5. The Labute approximate surface area is 157 Å². The molecule has 7 heteroatoms. The van der Waals surface area contributed by atoms with E-state index in [4.69, 9.17) is 4.74 Å². The van der Waals surface area contributed by atoms with Crippen LogP contribution in [0.5, 0.6) is 5.75 Å². The van der Waals surface area contributed by atoms with Crippen molar-refractivity contribution in [3.8, 4) is 5.75 Å². The molecule has 0 unspecified atom stereocenters. The van der Waals surface area contributed by atoms with Gasteiger partial charge < -0.3 is 20.7 Å². The van der Waals surface area contributed by atoms with Gasteiger partial charge in [-0.25, -0.2) is 9.97 Å². The zero-order valence-corrected chi connectivity index (χ0v) is 15.4. The van der Waals surface area contributed by atoms with Gasteiger partial charge in [0.15, 0.2) is 0 Å². The van der Waals surface area contributed by atoms with Crippen LogP contribution in [0.4, 0.5) is 28.7 Å². The van der Waals surface area contributed by atoms with Crippen molar-refractivity contribution in [1.82, 2.24) is 9.97 Å². The Kier molecular flexibility index (Phi) is 5.51. The number of carbonyl (C=O) groups is 1. The lowest BCUT2D eigenvalue weighted by molar-refractivity contribution is -0.114. The summed E-state index contributed by atoms with van der Waals surface area (Å²) < 4.78 is 5.24. The van der Waals surface area contributed by atoms with Gasteiger partial charge in [0.1, 0.15) is 23.2 Å². The molecule has 0 saturated heterocycles. The molecule has 0 bridgehead atoms. The SMILES string of the molecule is COc1cccc(Nc2cc(Nc3cccc(NC(C)=O)c3)nc(C)n2)c1. The highest BCUT2D eigenvalue weighted by Crippen LogP contribution is 2.24. The molecule has 3 rings (SSSR count). The summed E-state index contributed by atoms with van der Waals surface area (Å²) in [6, 6.07) is 16.9. The molecular weight excluding hydrogens is 342 g/mol. The summed E-state index contributed by atoms with van der Waals surface area (Å²) in [6.07, 6.45) is 0. The number of methoxy groups -OCH3 is 1. The maximum Gasteiger partial charge on any atom is 0.221 e. The van der Waals surface area contributed by atoms with Crippen LogP contribution in [0, 0.1) is 6.92 Å². The molecule has 7 nitrogen and oxygen atoms in total. The van der Waals surface area contributed by atoms with Crippen molar-refractivity contribution in [3.63, 3.8) is 0 Å². The van der Waals surface area contributed by atoms with Crippen molar-refractivity contribution < 1.29 is 9.53 Å². The van der Waals surface area contributed by atoms with Crippen LogP contribution in [0.3, 0.4) is 0 Å². The summed E-state index contributed by atoms with van der Waals surface area (Å²) in [5.74, 6) is 2.58. The van der Waals surface area contributed by atoms with Gasteiger partial charge in [-0.05, 0) is 37.3 Å². The number of nitrogens with one attached hydrogen (secondary N) is 3. The van der Waals surface area contributed by atoms with E-state index in [1.165, 1.54) is 6.92 Å². The Bertz CT molecular complexity index is 959. The number of hydrogen-bond acceptors (Lipinski definition) is 6. The minimum atomic E-state index is -0.116. The third-order valence-electron chi connectivity index (χ3n) is 3.64. The molecular formula is C20H21N5O2. The monoisotopic (exact) mass is 363 g/mol. The Morgan fingerprint density at radius 3 is 2.11 bits per heavy atom. The first-order valence-corrected chi connectivity index (χ1v) is 8.43. The van der Waals surface area contributed by atoms with Gasteiger partial charge in [0, 0.05) is 36.1 Å². The molecule has 27 heavy (non-hydrogen) atoms. The number of nitrogens with zero attached hydrogens (tertiary/aromatic N) is 2. The topological polar surface area (TPSA) is 88.2 Å². The van der Waals surface area contributed by atoms with E-state index in [0.717, 1.165) is 17.1 Å². The van der Waals surface area contributed by atoms with E-state index in [1.54, 1.807) is 7.11 Å². The van der Waals surface area contributed by atoms with E-state index in [9.17, 15) is 4.79 Å². The van der Waals surface area contributed by atoms with Crippen molar-refractivity contribution in [2.24, 2.45) is 0 Å². The van der Waals surface area contributed by atoms with Crippen molar-refractivity contribution in [3.05, 3.63) is 60.4 Å². The lowest BCUT2D eigenvalue weighted by atomic mass is 10.2. The van der Waals surface area contributed by atoms with Crippen LogP contribution in [0.25, 0.3) is 0 Å². The first-order chi connectivity index (χ1) is 13.0. The quantitative estimate of drug-likeness (QED) is 0.607. The summed E-state index contributed by atoms with van der Waals surface area (Å²) in [5.41, 5.74) is 2.39. The Morgan fingerprint density at radius 2 is 1.48 bits per heavy atom. The second kappa shape index (κ2) is 8.18. The Hall–Kier alpha value is -3.61. The van der Waals surface area contributed by atoms with E-state index in [-0.39, 0.29) is 5.91 Å². The highest BCUT2D eigenvalue weighted by Gasteiger charge is 2.05. The van der Waals surface area contributed by atoms with Crippen molar-refractivity contribution >= 4 is 34.6 Å². The Balaban J connectivity index is 1.80. The minimum absolute atomic E-state index is 0.116. The molecule has 0 aliphatic carbocycles. The number of rotatable bonds is 6. The maximum atomic E-state index is 11.2. The molecule has 0 atom stereocenters. The molecule has 0 spiro atoms. The zero-order valence-electron chi connectivity index (χ0n) is 15.4. The van der Waals surface area contributed by atoms with Gasteiger partial charge >= 0.3 is 0 Å². The van der Waals surface area contributed by atoms with Gasteiger partial charge in [-0.1, -0.05) is 12.1 Å². The molecule has 138 valence electrons. The van der Waals surface area contributed by atoms with E-state index >= 15 is 0 Å². The maximum absolute atomic E-state index is 11.2. The number of benzene rings is 2. The van der Waals surface area contributed by atoms with Crippen LogP contribution in [0.1, 0.15) is 12.7 Å². The molecule has 2 aromatic carbocycles. The number of hydrogen-bond donors (Lipinski definition) is 3. The number of aryl methyl sites for hydroxylation is 1. The van der Waals surface area contributed by atoms with Crippen molar-refractivity contribution in [2.75, 3.05) is 23.1 Å². The second-order valence-corrected chi connectivity index (χ2v) is 5.93. The zero-order chi connectivity index (χ0) is 19.2. The van der Waals surface area contributed by atoms with Crippen LogP contribution >= 0.6 is 0 Å². The first kappa shape index (κ1) is 18.2. The van der Waals surface area contributed by atoms with E-state index < -0.39 is 0 Å². The number of carbonyl (C=O) groups excluding carboxylic acids is 1. The number of ether oxygens (including phenoxy) is 1. The Morgan fingerprint density at radius 1 is 0.889 bits per heavy atom. The van der Waals surface area contributed by atoms with E-state index in [2.05, 4.69) is 25.9 Å². The van der Waals surface area contributed by atoms with E-state index in [1.807, 2.05) is 61.5 Å². The summed E-state index contributed by atoms with van der Waals surface area (Å²) in [4.78, 5) is 20.1. The molecule has 0 radical (unpaired) electrons. The van der Waals surface area contributed by atoms with Crippen molar-refractivity contribution in [1.29, 1.82) is 0 Å². The van der Waals surface area contributed by atoms with Gasteiger partial charge in [-0.15, -0.1) is 0 Å². The fraction of sp³-hybridized carbons (Fsp3) is 0.150. The van der Waals surface area contributed by atoms with Crippen LogP contribution < -0.4 is 20.7 Å². The van der Waals surface area contributed by atoms with Crippen LogP contribution in [0.2, 0.25) is 0 Å². The average molecular weight is 363 g/mol.